The Morgan fingerprint density at radius 3 is 2.53 bits per heavy atom. The van der Waals surface area contributed by atoms with Crippen LogP contribution in [0.4, 0.5) is 0 Å². The molecule has 1 aromatic heterocycles. The maximum absolute atomic E-state index is 14.2. The predicted octanol–water partition coefficient (Wildman–Crippen LogP) is 3.07. The van der Waals surface area contributed by atoms with Gasteiger partial charge in [0.05, 0.1) is 30.4 Å². The van der Waals surface area contributed by atoms with Gasteiger partial charge in [-0.25, -0.2) is 13.4 Å². The number of nitrogens with one attached hydrogen (secondary N) is 2. The van der Waals surface area contributed by atoms with Gasteiger partial charge < -0.3 is 19.7 Å². The number of methoxy groups -OCH3 is 1. The van der Waals surface area contributed by atoms with Crippen molar-refractivity contribution in [3.63, 3.8) is 0 Å². The van der Waals surface area contributed by atoms with E-state index in [1.54, 1.807) is 25.4 Å². The molecule has 0 radical (unpaired) electrons. The first-order valence-corrected chi connectivity index (χ1v) is 17.4. The molecule has 12 nitrogen and oxygen atoms in total. The van der Waals surface area contributed by atoms with Gasteiger partial charge in [-0.05, 0) is 73.2 Å². The van der Waals surface area contributed by atoms with Crippen molar-refractivity contribution in [2.75, 3.05) is 13.7 Å². The van der Waals surface area contributed by atoms with Crippen LogP contribution in [0, 0.1) is 17.3 Å². The van der Waals surface area contributed by atoms with E-state index in [4.69, 9.17) is 9.47 Å². The molecular weight excluding hydrogens is 624 g/mol. The highest BCUT2D eigenvalue weighted by atomic mass is 32.2. The second kappa shape index (κ2) is 13.5. The van der Waals surface area contributed by atoms with Crippen LogP contribution in [0.3, 0.4) is 0 Å². The molecule has 2 aliphatic carbocycles. The number of pyridine rings is 1. The van der Waals surface area contributed by atoms with Crippen molar-refractivity contribution < 1.29 is 37.1 Å². The Bertz CT molecular complexity index is 1700. The zero-order valence-electron chi connectivity index (χ0n) is 26.9. The third-order valence-corrected chi connectivity index (χ3v) is 11.0. The van der Waals surface area contributed by atoms with Crippen molar-refractivity contribution in [1.82, 2.24) is 19.9 Å². The molecular formula is C34H42N4O8S. The number of Topliss-reactive ketones (excluding diaryl/α,β-unsaturated/α-hetero) is 1. The van der Waals surface area contributed by atoms with Crippen molar-refractivity contribution in [3.8, 4) is 11.6 Å². The minimum Gasteiger partial charge on any atom is -0.497 e. The topological polar surface area (TPSA) is 161 Å². The van der Waals surface area contributed by atoms with Crippen LogP contribution in [-0.4, -0.2) is 78.9 Å². The average Bonchev–Trinajstić information content (AvgIpc) is 3.96. The van der Waals surface area contributed by atoms with E-state index in [0.717, 1.165) is 16.8 Å². The van der Waals surface area contributed by atoms with E-state index in [1.165, 1.54) is 4.90 Å². The summed E-state index contributed by atoms with van der Waals surface area (Å²) in [4.78, 5) is 59.8. The van der Waals surface area contributed by atoms with Crippen LogP contribution in [0.25, 0.3) is 10.8 Å². The summed E-state index contributed by atoms with van der Waals surface area (Å²) in [5, 5.41) is 3.65. The number of amides is 3. The van der Waals surface area contributed by atoms with Gasteiger partial charge in [-0.15, -0.1) is 6.58 Å². The molecule has 13 heteroatoms. The van der Waals surface area contributed by atoms with Gasteiger partial charge >= 0.3 is 0 Å². The fourth-order valence-electron chi connectivity index (χ4n) is 6.37. The van der Waals surface area contributed by atoms with Gasteiger partial charge in [-0.3, -0.25) is 23.9 Å². The van der Waals surface area contributed by atoms with Crippen LogP contribution in [0.15, 0.2) is 55.8 Å². The third-order valence-electron chi connectivity index (χ3n) is 9.20. The van der Waals surface area contributed by atoms with E-state index in [2.05, 4.69) is 28.2 Å². The Labute approximate surface area is 275 Å². The molecule has 5 rings (SSSR count). The first-order valence-electron chi connectivity index (χ1n) is 15.9. The summed E-state index contributed by atoms with van der Waals surface area (Å²) in [6.45, 7) is 11.1. The minimum absolute atomic E-state index is 0.0299. The molecule has 0 bridgehead atoms. The summed E-state index contributed by atoms with van der Waals surface area (Å²) < 4.78 is 39.1. The number of benzene rings is 1. The summed E-state index contributed by atoms with van der Waals surface area (Å²) in [7, 11) is -2.26. The Morgan fingerprint density at radius 1 is 1.17 bits per heavy atom. The molecule has 252 valence electrons. The van der Waals surface area contributed by atoms with Crippen molar-refractivity contribution in [2.45, 2.75) is 75.8 Å². The maximum atomic E-state index is 14.2. The predicted molar refractivity (Wildman–Crippen MR) is 175 cm³/mol. The molecule has 1 saturated heterocycles. The van der Waals surface area contributed by atoms with Crippen molar-refractivity contribution >= 4 is 44.3 Å². The number of allylic oxidation sites excluding steroid dienone is 1. The van der Waals surface area contributed by atoms with Crippen LogP contribution in [0.5, 0.6) is 11.6 Å². The zero-order valence-corrected chi connectivity index (χ0v) is 27.8. The molecule has 3 fully saturated rings. The number of ketones is 1. The molecule has 5 atom stereocenters. The van der Waals surface area contributed by atoms with Gasteiger partial charge in [0.25, 0.3) is 0 Å². The van der Waals surface area contributed by atoms with Crippen molar-refractivity contribution in [3.05, 3.63) is 55.8 Å². The van der Waals surface area contributed by atoms with Crippen LogP contribution in [0.2, 0.25) is 0 Å². The number of nitrogens with zero attached hydrogens (tertiary/aromatic N) is 2. The van der Waals surface area contributed by atoms with Crippen LogP contribution >= 0.6 is 0 Å². The number of carbonyl (C=O) groups is 4. The number of rotatable bonds is 15. The molecule has 2 N–H and O–H groups in total. The highest BCUT2D eigenvalue weighted by Gasteiger charge is 2.61. The molecule has 1 aromatic carbocycles. The number of ether oxygens (including phenoxy) is 2. The molecule has 3 amide bonds. The molecule has 3 aliphatic rings. The number of hydrogen-bond donors (Lipinski definition) is 2. The monoisotopic (exact) mass is 666 g/mol. The lowest BCUT2D eigenvalue weighted by Crippen LogP contribution is -2.52. The van der Waals surface area contributed by atoms with Gasteiger partial charge in [0.15, 0.2) is 5.78 Å². The smallest absolute Gasteiger partial charge is 0.245 e. The second-order valence-electron chi connectivity index (χ2n) is 13.1. The van der Waals surface area contributed by atoms with E-state index in [9.17, 15) is 27.6 Å². The van der Waals surface area contributed by atoms with E-state index >= 15 is 0 Å². The Morgan fingerprint density at radius 2 is 1.91 bits per heavy atom. The maximum Gasteiger partial charge on any atom is 0.245 e. The fraction of sp³-hybridized carbons (Fsp3) is 0.500. The number of aromatic nitrogens is 1. The molecule has 1 aliphatic heterocycles. The van der Waals surface area contributed by atoms with Gasteiger partial charge in [0.1, 0.15) is 17.9 Å². The normalized spacial score (nSPS) is 24.3. The van der Waals surface area contributed by atoms with Gasteiger partial charge in [-0.1, -0.05) is 26.5 Å². The quantitative estimate of drug-likeness (QED) is 0.215. The summed E-state index contributed by atoms with van der Waals surface area (Å²) in [6.07, 6.45) is 4.99. The molecule has 2 heterocycles. The Balaban J connectivity index is 1.42. The number of carbonyl (C=O) groups excluding carboxylic acids is 4. The summed E-state index contributed by atoms with van der Waals surface area (Å²) in [5.41, 5.74) is -1.28. The van der Waals surface area contributed by atoms with Gasteiger partial charge in [-0.2, -0.15) is 0 Å². The Hall–Kier alpha value is -4.26. The first-order chi connectivity index (χ1) is 22.3. The minimum atomic E-state index is -3.84. The summed E-state index contributed by atoms with van der Waals surface area (Å²) >= 11 is 0. The fourth-order valence-corrected chi connectivity index (χ4v) is 7.76. The van der Waals surface area contributed by atoms with E-state index in [-0.39, 0.29) is 31.7 Å². The summed E-state index contributed by atoms with van der Waals surface area (Å²) in [6, 6.07) is 5.35. The van der Waals surface area contributed by atoms with Gasteiger partial charge in [0, 0.05) is 24.4 Å². The first kappa shape index (κ1) is 34.1. The van der Waals surface area contributed by atoms with Crippen LogP contribution < -0.4 is 19.5 Å². The highest BCUT2D eigenvalue weighted by Crippen LogP contribution is 2.57. The Kier molecular flexibility index (Phi) is 9.76. The van der Waals surface area contributed by atoms with Gasteiger partial charge in [0.2, 0.25) is 33.6 Å². The zero-order chi connectivity index (χ0) is 34.1. The number of likely N-dealkylation sites (tertiary alicyclic amines) is 1. The van der Waals surface area contributed by atoms with Crippen LogP contribution in [0.1, 0.15) is 52.4 Å². The lowest BCUT2D eigenvalue weighted by atomic mass is 9.91. The largest absolute Gasteiger partial charge is 0.497 e. The third kappa shape index (κ3) is 7.34. The second-order valence-corrected chi connectivity index (χ2v) is 15.1. The molecule has 0 spiro atoms. The SMILES string of the molecule is C=CC(=O)N[C@H](CC(C)C)C(=O)N1C[C@H](Oc2nccc3cc(OC)ccc23)C[C@H]1C(=O)C[C@]1(C(=O)NS(=O)(=O)C2CC2)C[C@H]1C=C. The number of sulfonamides is 1. The lowest BCUT2D eigenvalue weighted by molar-refractivity contribution is -0.141. The molecule has 0 unspecified atom stereocenters. The molecule has 2 saturated carbocycles. The summed E-state index contributed by atoms with van der Waals surface area (Å²) in [5.74, 6) is -1.47. The van der Waals surface area contributed by atoms with Crippen molar-refractivity contribution in [2.24, 2.45) is 17.3 Å². The molecule has 2 aromatic rings. The average molecular weight is 667 g/mol. The van der Waals surface area contributed by atoms with E-state index in [0.29, 0.717) is 30.9 Å². The number of hydrogen-bond acceptors (Lipinski definition) is 9. The lowest BCUT2D eigenvalue weighted by Gasteiger charge is -2.30. The number of fused-ring (bicyclic) bond motifs is 1. The molecule has 47 heavy (non-hydrogen) atoms. The van der Waals surface area contributed by atoms with Crippen LogP contribution in [-0.2, 0) is 29.2 Å². The van der Waals surface area contributed by atoms with E-state index < -0.39 is 68.3 Å². The highest BCUT2D eigenvalue weighted by molar-refractivity contribution is 7.90. The van der Waals surface area contributed by atoms with Crippen molar-refractivity contribution in [1.29, 1.82) is 0 Å². The van der Waals surface area contributed by atoms with E-state index in [1.807, 2.05) is 32.0 Å². The standard InChI is InChI=1S/C34H42N4O8S/c1-6-22-17-34(22,33(42)37-47(43,44)25-9-10-25)18-29(39)28-16-24(19-38(28)32(41)27(14-20(3)4)36-30(40)7-2)46-31-26-11-8-23(45-5)15-21(26)12-13-35-31/h6-8,11-13,15,20,22,24-25,27-28H,1-2,9-10,14,16-19H2,3-5H3,(H,36,40)(H,37,42)/t22-,24-,27-,28+,34-/m1/s1.